The van der Waals surface area contributed by atoms with E-state index in [9.17, 15) is 8.42 Å². The molecular formula is C17H20ClN3O4S. The van der Waals surface area contributed by atoms with Crippen molar-refractivity contribution in [1.29, 1.82) is 0 Å². The Balaban J connectivity index is 2.13. The van der Waals surface area contributed by atoms with Crippen LogP contribution in [0.15, 0.2) is 57.8 Å². The number of sulfonamides is 1. The summed E-state index contributed by atoms with van der Waals surface area (Å²) in [6.07, 6.45) is 1.94. The van der Waals surface area contributed by atoms with Gasteiger partial charge in [0.25, 0.3) is 10.0 Å². The number of hydrogen-bond donors (Lipinski definition) is 3. The van der Waals surface area contributed by atoms with Gasteiger partial charge in [0, 0.05) is 10.7 Å². The molecule has 9 heteroatoms. The van der Waals surface area contributed by atoms with Crippen LogP contribution in [-0.4, -0.2) is 26.2 Å². The van der Waals surface area contributed by atoms with Crippen molar-refractivity contribution >= 4 is 33.3 Å². The summed E-state index contributed by atoms with van der Waals surface area (Å²) in [5, 5.41) is 12.3. The van der Waals surface area contributed by atoms with E-state index in [2.05, 4.69) is 16.6 Å². The van der Waals surface area contributed by atoms with Gasteiger partial charge in [0.05, 0.1) is 11.5 Å². The highest BCUT2D eigenvalue weighted by Crippen LogP contribution is 2.19. The molecule has 0 radical (unpaired) electrons. The van der Waals surface area contributed by atoms with Gasteiger partial charge in [-0.25, -0.2) is 5.48 Å². The minimum atomic E-state index is -4.02. The largest absolute Gasteiger partial charge is 0.494 e. The Bertz CT molecular complexity index is 837. The highest BCUT2D eigenvalue weighted by molar-refractivity contribution is 7.90. The van der Waals surface area contributed by atoms with Gasteiger partial charge in [-0.05, 0) is 55.0 Å². The predicted molar refractivity (Wildman–Crippen MR) is 101 cm³/mol. The number of nitrogens with zero attached hydrogens (tertiary/aromatic N) is 1. The Morgan fingerprint density at radius 1 is 1.15 bits per heavy atom. The monoisotopic (exact) mass is 397 g/mol. The Kier molecular flexibility index (Phi) is 7.26. The lowest BCUT2D eigenvalue weighted by Gasteiger charge is -2.09. The summed E-state index contributed by atoms with van der Waals surface area (Å²) < 4.78 is 33.8. The van der Waals surface area contributed by atoms with Crippen LogP contribution in [0.1, 0.15) is 19.8 Å². The van der Waals surface area contributed by atoms with Crippen molar-refractivity contribution in [3.8, 4) is 5.75 Å². The molecule has 2 aromatic carbocycles. The summed E-state index contributed by atoms with van der Waals surface area (Å²) in [6, 6.07) is 12.4. The van der Waals surface area contributed by atoms with Crippen LogP contribution in [0.2, 0.25) is 5.02 Å². The normalized spacial score (nSPS) is 11.9. The molecule has 0 amide bonds. The quantitative estimate of drug-likeness (QED) is 0.285. The number of ether oxygens (including phenoxy) is 1. The number of anilines is 1. The van der Waals surface area contributed by atoms with Crippen LogP contribution < -0.4 is 15.5 Å². The number of benzene rings is 2. The number of unbranched alkanes of at least 4 members (excludes halogenated alkanes) is 1. The van der Waals surface area contributed by atoms with E-state index < -0.39 is 10.0 Å². The first-order chi connectivity index (χ1) is 12.4. The van der Waals surface area contributed by atoms with Crippen molar-refractivity contribution in [3.05, 3.63) is 53.6 Å². The fourth-order valence-corrected chi connectivity index (χ4v) is 2.99. The van der Waals surface area contributed by atoms with E-state index in [-0.39, 0.29) is 10.9 Å². The van der Waals surface area contributed by atoms with Crippen LogP contribution in [0.3, 0.4) is 0 Å². The summed E-state index contributed by atoms with van der Waals surface area (Å²) >= 11 is 5.79. The maximum atomic E-state index is 12.4. The predicted octanol–water partition coefficient (Wildman–Crippen LogP) is 3.65. The van der Waals surface area contributed by atoms with Crippen LogP contribution in [0.4, 0.5) is 5.69 Å². The van der Waals surface area contributed by atoms with Crippen molar-refractivity contribution in [1.82, 2.24) is 5.48 Å². The summed E-state index contributed by atoms with van der Waals surface area (Å²) in [6.45, 7) is 2.63. The zero-order valence-electron chi connectivity index (χ0n) is 14.1. The third-order valence-corrected chi connectivity index (χ3v) is 4.86. The van der Waals surface area contributed by atoms with Gasteiger partial charge in [0.15, 0.2) is 0 Å². The molecule has 0 heterocycles. The second-order valence-corrected chi connectivity index (χ2v) is 7.37. The Labute approximate surface area is 157 Å². The van der Waals surface area contributed by atoms with Gasteiger partial charge in [0.2, 0.25) is 5.96 Å². The summed E-state index contributed by atoms with van der Waals surface area (Å²) in [4.78, 5) is -0.0222. The fraction of sp³-hybridized carbons (Fsp3) is 0.235. The molecule has 3 N–H and O–H groups in total. The van der Waals surface area contributed by atoms with E-state index in [4.69, 9.17) is 21.5 Å². The molecule has 2 aromatic rings. The fourth-order valence-electron chi connectivity index (χ4n) is 1.96. The summed E-state index contributed by atoms with van der Waals surface area (Å²) in [7, 11) is -4.02. The SMILES string of the molecule is CCCCOc1ccc(S(=O)(=O)N=C(NO)Nc2ccc(Cl)cc2)cc1. The highest BCUT2D eigenvalue weighted by Gasteiger charge is 2.15. The maximum absolute atomic E-state index is 12.4. The van der Waals surface area contributed by atoms with Gasteiger partial charge in [0.1, 0.15) is 5.75 Å². The molecule has 0 unspecified atom stereocenters. The molecule has 26 heavy (non-hydrogen) atoms. The van der Waals surface area contributed by atoms with Gasteiger partial charge in [-0.3, -0.25) is 5.21 Å². The maximum Gasteiger partial charge on any atom is 0.285 e. The van der Waals surface area contributed by atoms with Crippen LogP contribution in [0.5, 0.6) is 5.75 Å². The molecule has 7 nitrogen and oxygen atoms in total. The summed E-state index contributed by atoms with van der Waals surface area (Å²) in [5.41, 5.74) is 2.24. The molecule has 0 aliphatic carbocycles. The Hall–Kier alpha value is -2.29. The van der Waals surface area contributed by atoms with E-state index in [0.29, 0.717) is 23.1 Å². The first kappa shape index (κ1) is 20.0. The number of hydroxylamine groups is 1. The molecule has 0 aromatic heterocycles. The zero-order chi connectivity index (χ0) is 19.0. The molecule has 0 saturated heterocycles. The molecule has 0 atom stereocenters. The number of guanidine groups is 1. The van der Waals surface area contributed by atoms with Gasteiger partial charge < -0.3 is 10.1 Å². The van der Waals surface area contributed by atoms with E-state index in [1.54, 1.807) is 41.9 Å². The van der Waals surface area contributed by atoms with Crippen molar-refractivity contribution in [2.24, 2.45) is 4.40 Å². The first-order valence-corrected chi connectivity index (χ1v) is 9.77. The van der Waals surface area contributed by atoms with E-state index in [1.165, 1.54) is 12.1 Å². The van der Waals surface area contributed by atoms with Crippen LogP contribution in [-0.2, 0) is 10.0 Å². The van der Waals surface area contributed by atoms with E-state index in [1.807, 2.05) is 0 Å². The number of rotatable bonds is 7. The Morgan fingerprint density at radius 2 is 1.81 bits per heavy atom. The third-order valence-electron chi connectivity index (χ3n) is 3.31. The molecule has 0 aliphatic rings. The minimum Gasteiger partial charge on any atom is -0.494 e. The van der Waals surface area contributed by atoms with Crippen LogP contribution in [0, 0.1) is 0 Å². The second kappa shape index (κ2) is 9.42. The lowest BCUT2D eigenvalue weighted by molar-refractivity contribution is 0.234. The molecule has 2 rings (SSSR count). The molecule has 0 aliphatic heterocycles. The van der Waals surface area contributed by atoms with Gasteiger partial charge >= 0.3 is 0 Å². The minimum absolute atomic E-state index is 0.0222. The lowest BCUT2D eigenvalue weighted by atomic mass is 10.3. The van der Waals surface area contributed by atoms with Gasteiger partial charge in [-0.2, -0.15) is 8.42 Å². The average molecular weight is 398 g/mol. The third kappa shape index (κ3) is 5.91. The molecule has 0 bridgehead atoms. The van der Waals surface area contributed by atoms with E-state index >= 15 is 0 Å². The number of hydrogen-bond acceptors (Lipinski definition) is 4. The van der Waals surface area contributed by atoms with Gasteiger partial charge in [-0.1, -0.05) is 24.9 Å². The molecule has 0 spiro atoms. The second-order valence-electron chi connectivity index (χ2n) is 5.33. The van der Waals surface area contributed by atoms with Crippen LogP contribution >= 0.6 is 11.6 Å². The molecule has 140 valence electrons. The average Bonchev–Trinajstić information content (AvgIpc) is 2.63. The molecule has 0 saturated carbocycles. The zero-order valence-corrected chi connectivity index (χ0v) is 15.7. The van der Waals surface area contributed by atoms with Crippen LogP contribution in [0.25, 0.3) is 0 Å². The number of nitrogens with one attached hydrogen (secondary N) is 2. The lowest BCUT2D eigenvalue weighted by Crippen LogP contribution is -2.28. The standard InChI is InChI=1S/C17H20ClN3O4S/c1-2-3-12-25-15-8-10-16(11-9-15)26(23,24)21-17(20-22)19-14-6-4-13(18)5-7-14/h4-11,22H,2-3,12H2,1H3,(H2,19,20,21). The van der Waals surface area contributed by atoms with Crippen molar-refractivity contribution in [3.63, 3.8) is 0 Å². The first-order valence-electron chi connectivity index (χ1n) is 7.95. The van der Waals surface area contributed by atoms with Crippen molar-refractivity contribution in [2.45, 2.75) is 24.7 Å². The molecule has 0 fully saturated rings. The Morgan fingerprint density at radius 3 is 2.38 bits per heavy atom. The number of halogens is 1. The summed E-state index contributed by atoms with van der Waals surface area (Å²) in [5.74, 6) is 0.247. The van der Waals surface area contributed by atoms with Crippen molar-refractivity contribution in [2.75, 3.05) is 11.9 Å². The smallest absolute Gasteiger partial charge is 0.285 e. The highest BCUT2D eigenvalue weighted by atomic mass is 35.5. The topological polar surface area (TPSA) is 100 Å². The van der Waals surface area contributed by atoms with E-state index in [0.717, 1.165) is 12.8 Å². The molecular weight excluding hydrogens is 378 g/mol. The van der Waals surface area contributed by atoms with Gasteiger partial charge in [-0.15, -0.1) is 4.40 Å². The van der Waals surface area contributed by atoms with Crippen molar-refractivity contribution < 1.29 is 18.4 Å².